The third-order valence-electron chi connectivity index (χ3n) is 11.9. The van der Waals surface area contributed by atoms with Crippen LogP contribution in [0.3, 0.4) is 0 Å². The molecule has 0 amide bonds. The molecule has 0 bridgehead atoms. The maximum absolute atomic E-state index is 13.5. The zero-order valence-electron chi connectivity index (χ0n) is 43.7. The van der Waals surface area contributed by atoms with Gasteiger partial charge in [0, 0.05) is 43.2 Å². The van der Waals surface area contributed by atoms with Crippen LogP contribution in [-0.4, -0.2) is 95.7 Å². The summed E-state index contributed by atoms with van der Waals surface area (Å²) in [6.45, 7) is 0. The van der Waals surface area contributed by atoms with E-state index in [0.717, 1.165) is 48.5 Å². The number of rotatable bonds is 24. The normalized spacial score (nSPS) is 13.1. The minimum atomic E-state index is -5.21. The average molecular weight is 1400 g/mol. The largest absolute Gasteiger partial charge is 0.594 e. The van der Waals surface area contributed by atoms with Gasteiger partial charge in [0.15, 0.2) is 11.5 Å². The predicted octanol–water partition coefficient (Wildman–Crippen LogP) is 11.6. The molecule has 12 N–H and O–H groups in total. The Morgan fingerprint density at radius 3 is 1.40 bits per heavy atom. The molecule has 8 aromatic carbocycles. The Bertz CT molecular complexity index is 4960. The average Bonchev–Trinajstić information content (AvgIpc) is 0.759. The molecule has 0 unspecified atom stereocenters. The van der Waals surface area contributed by atoms with Crippen molar-refractivity contribution < 1.29 is 124 Å². The molecule has 0 atom stereocenters. The van der Waals surface area contributed by atoms with Gasteiger partial charge in [-0.15, -0.1) is 23.2 Å². The fraction of sp³-hybridized carbons (Fsp3) is 0. The molecule has 472 valence electrons. The van der Waals surface area contributed by atoms with Gasteiger partial charge in [-0.3, -0.25) is 22.8 Å². The Morgan fingerprint density at radius 2 is 0.867 bits per heavy atom. The van der Waals surface area contributed by atoms with Gasteiger partial charge in [0.25, 0.3) is 50.6 Å². The molecule has 0 saturated carbocycles. The van der Waals surface area contributed by atoms with Gasteiger partial charge in [-0.1, -0.05) is 74.6 Å². The van der Waals surface area contributed by atoms with E-state index in [0.29, 0.717) is 42.2 Å². The third-order valence-corrected chi connectivity index (χ3v) is 18.3. The highest BCUT2D eigenvalue weighted by Gasteiger charge is 2.28. The summed E-state index contributed by atoms with van der Waals surface area (Å²) in [4.78, 5) is -4.33. The molecule has 0 aromatic heterocycles. The second-order valence-corrected chi connectivity index (χ2v) is 26.7. The quantitative estimate of drug-likeness (QED) is 0.00391. The zero-order chi connectivity index (χ0) is 65.7. The van der Waals surface area contributed by atoms with E-state index in [-0.39, 0.29) is 81.0 Å². The highest BCUT2D eigenvalue weighted by molar-refractivity contribution is 7.95. The number of benzene rings is 8. The zero-order valence-corrected chi connectivity index (χ0v) is 50.3. The number of nitrogens with zero attached hydrogens (tertiary/aromatic N) is 6. The topological polar surface area (TPSA) is 542 Å². The summed E-state index contributed by atoms with van der Waals surface area (Å²) in [7, 11) is -25.4. The summed E-state index contributed by atoms with van der Waals surface area (Å²) in [5, 5.41) is 91.1. The number of anilines is 1. The lowest BCUT2D eigenvalue weighted by molar-refractivity contribution is -0.435. The van der Waals surface area contributed by atoms with E-state index < -0.39 is 109 Å². The summed E-state index contributed by atoms with van der Waals surface area (Å²) in [5.41, 5.74) is 3.55. The Morgan fingerprint density at radius 1 is 0.433 bits per heavy atom. The van der Waals surface area contributed by atoms with Crippen molar-refractivity contribution in [2.45, 2.75) is 39.2 Å². The van der Waals surface area contributed by atoms with Gasteiger partial charge < -0.3 is 21.2 Å². The number of nitrogen functional groups attached to an aromatic ring is 1. The molecule has 0 spiro atoms. The first-order valence-electron chi connectivity index (χ1n) is 23.4. The van der Waals surface area contributed by atoms with Crippen LogP contribution in [0.1, 0.15) is 22.3 Å². The van der Waals surface area contributed by atoms with Crippen LogP contribution in [0.2, 0.25) is 0 Å². The Hall–Kier alpha value is -8.00. The Balaban J connectivity index is 1.04. The molecule has 34 nitrogen and oxygen atoms in total. The molecule has 90 heavy (non-hydrogen) atoms. The van der Waals surface area contributed by atoms with Crippen LogP contribution in [-0.2, 0) is 78.7 Å². The van der Waals surface area contributed by atoms with Gasteiger partial charge in [0.1, 0.15) is 41.5 Å². The van der Waals surface area contributed by atoms with Crippen molar-refractivity contribution in [2.24, 2.45) is 25.6 Å². The molecule has 0 aliphatic heterocycles. The van der Waals surface area contributed by atoms with Crippen molar-refractivity contribution in [3.63, 3.8) is 0 Å². The SMILES string of the molecule is Nc1c(S(=O)(=O)O)cc(S(=O)(=O)O)c2ccc(N=Nc3ccc(/C=C/c4ccc(N=[N+]([O-])c5ccc(/C=C/c6ccc(N=Nc7ccc8c(S(=O)(=O)O)cc(SOOO)cc8c7O)cc6S(=O)(=O)O)c(SOOO)c5)cc4S(=O)(=O)O)c(SOOO)c3)c(O)c12. The van der Waals surface area contributed by atoms with Crippen LogP contribution < -0.4 is 5.73 Å². The van der Waals surface area contributed by atoms with E-state index >= 15 is 0 Å². The smallest absolute Gasteiger partial charge is 0.296 e. The van der Waals surface area contributed by atoms with Gasteiger partial charge in [0.2, 0.25) is 5.69 Å². The highest BCUT2D eigenvalue weighted by Crippen LogP contribution is 2.45. The predicted molar refractivity (Wildman–Crippen MR) is 314 cm³/mol. The molecule has 0 aliphatic carbocycles. The summed E-state index contributed by atoms with van der Waals surface area (Å²) in [5.74, 6) is -1.59. The fourth-order valence-electron chi connectivity index (χ4n) is 8.10. The van der Waals surface area contributed by atoms with Crippen LogP contribution in [0.4, 0.5) is 39.8 Å². The second kappa shape index (κ2) is 27.6. The van der Waals surface area contributed by atoms with Crippen molar-refractivity contribution >= 4 is 172 Å². The fourth-order valence-corrected chi connectivity index (χ4v) is 13.2. The molecule has 0 radical (unpaired) electrons. The molecule has 8 aromatic rings. The molecule has 0 heterocycles. The Kier molecular flexibility index (Phi) is 20.8. The highest BCUT2D eigenvalue weighted by atomic mass is 32.2. The monoisotopic (exact) mass is 1400 g/mol. The van der Waals surface area contributed by atoms with Crippen LogP contribution in [0, 0.1) is 5.21 Å². The number of fused-ring (bicyclic) bond motifs is 2. The van der Waals surface area contributed by atoms with Gasteiger partial charge >= 0.3 is 0 Å². The first-order valence-corrected chi connectivity index (χ1v) is 32.9. The van der Waals surface area contributed by atoms with Gasteiger partial charge in [-0.05, 0) is 95.1 Å². The summed E-state index contributed by atoms with van der Waals surface area (Å²) < 4.78 is 186. The Labute approximate surface area is 517 Å². The molecule has 0 fully saturated rings. The van der Waals surface area contributed by atoms with E-state index in [9.17, 15) is 80.3 Å². The van der Waals surface area contributed by atoms with E-state index in [1.54, 1.807) is 0 Å². The summed E-state index contributed by atoms with van der Waals surface area (Å²) in [6, 6.07) is 21.0. The van der Waals surface area contributed by atoms with Gasteiger partial charge in [-0.2, -0.15) is 52.3 Å². The minimum Gasteiger partial charge on any atom is -0.594 e. The van der Waals surface area contributed by atoms with Crippen LogP contribution >= 0.6 is 36.1 Å². The lowest BCUT2D eigenvalue weighted by atomic mass is 10.1. The number of phenolic OH excluding ortho intramolecular Hbond substituents is 2. The maximum atomic E-state index is 13.5. The maximum Gasteiger partial charge on any atom is 0.296 e. The standard InChI is InChI=1S/C48H35N7O27S8/c49-46-44(90(74,75)76)23-43(89(71,72)73)34-14-16-37(48(57)45(34)46)53-50-28-9-5-24(38(17-28)84-81-78-60)1-3-27-7-11-30(19-41(27)87(65,66)67)54-55(58)31-12-8-25(39(20-31)85-82-79-61)2-4-26-6-10-29(18-40(26)86(62,63)64)51-52-36-15-13-33-35(47(36)56)21-32(83-80-77-59)22-42(33)88(68,69)70/h1-23,56-57,59-61H,49H2,(H,62,63,64)(H,65,66,67)(H,68,69,70)(H,71,72,73)(H,74,75,76)/b3-1+,4-2+,52-51?,53-50?,55-54?. The molecular formula is C48H35N7O27S8. The number of azo groups is 3. The van der Waals surface area contributed by atoms with E-state index in [2.05, 4.69) is 53.7 Å². The number of aromatic hydroxyl groups is 2. The van der Waals surface area contributed by atoms with Crippen molar-refractivity contribution in [1.82, 2.24) is 0 Å². The molecule has 0 aliphatic rings. The third kappa shape index (κ3) is 16.1. The van der Waals surface area contributed by atoms with Crippen molar-refractivity contribution in [1.29, 1.82) is 0 Å². The van der Waals surface area contributed by atoms with E-state index in [4.69, 9.17) is 21.5 Å². The molecule has 8 rings (SSSR count). The first-order chi connectivity index (χ1) is 42.3. The summed E-state index contributed by atoms with van der Waals surface area (Å²) in [6.07, 6.45) is 4.97. The number of nitrogens with two attached hydrogens (primary N) is 1. The van der Waals surface area contributed by atoms with Crippen molar-refractivity contribution in [2.75, 3.05) is 5.73 Å². The number of hydrogen-bond acceptors (Lipinski definition) is 31. The minimum absolute atomic E-state index is 0.0108. The first kappa shape index (κ1) is 67.9. The lowest BCUT2D eigenvalue weighted by Gasteiger charge is -2.13. The van der Waals surface area contributed by atoms with E-state index in [1.807, 2.05) is 0 Å². The van der Waals surface area contributed by atoms with Crippen molar-refractivity contribution in [3.8, 4) is 11.5 Å². The van der Waals surface area contributed by atoms with Crippen LogP contribution in [0.25, 0.3) is 45.8 Å². The molecule has 42 heteroatoms. The summed E-state index contributed by atoms with van der Waals surface area (Å²) >= 11 is 1.04. The van der Waals surface area contributed by atoms with Crippen LogP contribution in [0.5, 0.6) is 11.5 Å². The van der Waals surface area contributed by atoms with E-state index in [1.165, 1.54) is 85.0 Å². The number of hydrogen-bond donors (Lipinski definition) is 11. The van der Waals surface area contributed by atoms with Gasteiger partial charge in [0.05, 0.1) is 63.5 Å². The molecular weight excluding hydrogens is 1360 g/mol. The lowest BCUT2D eigenvalue weighted by Crippen LogP contribution is -2.08. The molecule has 0 saturated heterocycles. The number of phenols is 2. The van der Waals surface area contributed by atoms with Crippen LogP contribution in [0.15, 0.2) is 180 Å². The second-order valence-electron chi connectivity index (χ2n) is 17.5. The van der Waals surface area contributed by atoms with Crippen molar-refractivity contribution in [3.05, 3.63) is 143 Å². The van der Waals surface area contributed by atoms with Gasteiger partial charge in [-0.25, -0.2) is 15.8 Å².